The highest BCUT2D eigenvalue weighted by atomic mass is 16.2. The van der Waals surface area contributed by atoms with Gasteiger partial charge in [-0.1, -0.05) is 31.2 Å². The Morgan fingerprint density at radius 2 is 2.09 bits per heavy atom. The van der Waals surface area contributed by atoms with Gasteiger partial charge in [-0.05, 0) is 24.0 Å². The van der Waals surface area contributed by atoms with E-state index in [0.29, 0.717) is 12.3 Å². The van der Waals surface area contributed by atoms with Gasteiger partial charge in [-0.15, -0.1) is 0 Å². The Labute approximate surface area is 131 Å². The number of likely N-dealkylation sites (tertiary alicyclic amines) is 1. The van der Waals surface area contributed by atoms with E-state index in [1.807, 2.05) is 16.5 Å². The van der Waals surface area contributed by atoms with Crippen LogP contribution in [0.1, 0.15) is 36.1 Å². The Morgan fingerprint density at radius 1 is 1.32 bits per heavy atom. The van der Waals surface area contributed by atoms with Gasteiger partial charge in [0, 0.05) is 37.9 Å². The third-order valence-corrected chi connectivity index (χ3v) is 4.65. The number of aryl methyl sites for hydroxylation is 2. The normalized spacial score (nSPS) is 17.9. The smallest absolute Gasteiger partial charge is 0.228 e. The number of nitrogens with zero attached hydrogens (tertiary/aromatic N) is 3. The van der Waals surface area contributed by atoms with Crippen molar-refractivity contribution >= 4 is 5.91 Å². The zero-order chi connectivity index (χ0) is 15.5. The molecular weight excluding hydrogens is 274 g/mol. The molecule has 4 nitrogen and oxygen atoms in total. The van der Waals surface area contributed by atoms with E-state index in [-0.39, 0.29) is 5.91 Å². The molecule has 1 fully saturated rings. The van der Waals surface area contributed by atoms with Crippen molar-refractivity contribution in [2.45, 2.75) is 32.1 Å². The number of carbonyl (C=O) groups excluding carboxylic acids is 1. The van der Waals surface area contributed by atoms with Crippen molar-refractivity contribution in [2.24, 2.45) is 7.05 Å². The Morgan fingerprint density at radius 3 is 2.73 bits per heavy atom. The first-order valence-corrected chi connectivity index (χ1v) is 7.99. The monoisotopic (exact) mass is 297 g/mol. The first kappa shape index (κ1) is 14.8. The number of rotatable bonds is 4. The van der Waals surface area contributed by atoms with Crippen molar-refractivity contribution in [2.75, 3.05) is 13.1 Å². The lowest BCUT2D eigenvalue weighted by molar-refractivity contribution is -0.129. The molecule has 3 rings (SSSR count). The highest BCUT2D eigenvalue weighted by Crippen LogP contribution is 2.27. The molecule has 1 amide bonds. The number of hydrogen-bond acceptors (Lipinski definition) is 2. The molecule has 0 spiro atoms. The molecule has 0 saturated carbocycles. The average molecular weight is 297 g/mol. The molecule has 0 aliphatic carbocycles. The lowest BCUT2D eigenvalue weighted by atomic mass is 9.97. The summed E-state index contributed by atoms with van der Waals surface area (Å²) < 4.78 is 1.91. The Bertz CT molecular complexity index is 645. The summed E-state index contributed by atoms with van der Waals surface area (Å²) in [6.45, 7) is 3.86. The molecular formula is C18H23N3O. The summed E-state index contributed by atoms with van der Waals surface area (Å²) in [6.07, 6.45) is 6.08. The van der Waals surface area contributed by atoms with E-state index in [0.717, 1.165) is 31.6 Å². The van der Waals surface area contributed by atoms with Gasteiger partial charge in [0.25, 0.3) is 0 Å². The minimum Gasteiger partial charge on any atom is -0.342 e. The van der Waals surface area contributed by atoms with Crippen LogP contribution < -0.4 is 0 Å². The van der Waals surface area contributed by atoms with E-state index in [9.17, 15) is 4.79 Å². The van der Waals surface area contributed by atoms with Gasteiger partial charge in [0.2, 0.25) is 5.91 Å². The van der Waals surface area contributed by atoms with Crippen molar-refractivity contribution in [3.8, 4) is 0 Å². The second-order valence-corrected chi connectivity index (χ2v) is 6.09. The predicted molar refractivity (Wildman–Crippen MR) is 86.7 cm³/mol. The largest absolute Gasteiger partial charge is 0.342 e. The highest BCUT2D eigenvalue weighted by molar-refractivity contribution is 5.78. The molecule has 1 aromatic heterocycles. The SMILES string of the molecule is CCc1ccc(C2CCN(C(=O)Cc3cncn3C)C2)cc1. The topological polar surface area (TPSA) is 38.1 Å². The summed E-state index contributed by atoms with van der Waals surface area (Å²) in [6, 6.07) is 8.85. The van der Waals surface area contributed by atoms with Crippen molar-refractivity contribution in [3.63, 3.8) is 0 Å². The molecule has 1 unspecified atom stereocenters. The van der Waals surface area contributed by atoms with Gasteiger partial charge in [-0.3, -0.25) is 4.79 Å². The van der Waals surface area contributed by atoms with Gasteiger partial charge in [0.05, 0.1) is 12.7 Å². The number of benzene rings is 1. The zero-order valence-electron chi connectivity index (χ0n) is 13.3. The van der Waals surface area contributed by atoms with Crippen molar-refractivity contribution < 1.29 is 4.79 Å². The maximum atomic E-state index is 12.4. The fraction of sp³-hybridized carbons (Fsp3) is 0.444. The van der Waals surface area contributed by atoms with Crippen LogP contribution >= 0.6 is 0 Å². The summed E-state index contributed by atoms with van der Waals surface area (Å²) in [7, 11) is 1.93. The molecule has 22 heavy (non-hydrogen) atoms. The van der Waals surface area contributed by atoms with Gasteiger partial charge in [0.1, 0.15) is 0 Å². The molecule has 1 aromatic carbocycles. The maximum absolute atomic E-state index is 12.4. The van der Waals surface area contributed by atoms with Crippen LogP contribution in [0.2, 0.25) is 0 Å². The summed E-state index contributed by atoms with van der Waals surface area (Å²) in [5, 5.41) is 0. The van der Waals surface area contributed by atoms with Gasteiger partial charge in [0.15, 0.2) is 0 Å². The van der Waals surface area contributed by atoms with Crippen LogP contribution in [0.4, 0.5) is 0 Å². The standard InChI is InChI=1S/C18H23N3O/c1-3-14-4-6-15(7-5-14)16-8-9-21(12-16)18(22)10-17-11-19-13-20(17)2/h4-7,11,13,16H,3,8-10,12H2,1-2H3. The summed E-state index contributed by atoms with van der Waals surface area (Å²) in [5.74, 6) is 0.678. The zero-order valence-corrected chi connectivity index (χ0v) is 13.3. The van der Waals surface area contributed by atoms with E-state index < -0.39 is 0 Å². The van der Waals surface area contributed by atoms with Gasteiger partial charge < -0.3 is 9.47 Å². The van der Waals surface area contributed by atoms with Gasteiger partial charge >= 0.3 is 0 Å². The molecule has 1 atom stereocenters. The fourth-order valence-corrected chi connectivity index (χ4v) is 3.11. The number of hydrogen-bond donors (Lipinski definition) is 0. The Kier molecular flexibility index (Phi) is 4.27. The first-order valence-electron chi connectivity index (χ1n) is 7.99. The first-order chi connectivity index (χ1) is 10.7. The molecule has 116 valence electrons. The average Bonchev–Trinajstić information content (AvgIpc) is 3.17. The molecule has 2 heterocycles. The Balaban J connectivity index is 1.61. The molecule has 0 bridgehead atoms. The minimum atomic E-state index is 0.205. The van der Waals surface area contributed by atoms with Crippen LogP contribution in [0.15, 0.2) is 36.8 Å². The number of aromatic nitrogens is 2. The van der Waals surface area contributed by atoms with Crippen molar-refractivity contribution in [1.29, 1.82) is 0 Å². The van der Waals surface area contributed by atoms with Crippen molar-refractivity contribution in [3.05, 3.63) is 53.6 Å². The van der Waals surface area contributed by atoms with Crippen molar-refractivity contribution in [1.82, 2.24) is 14.5 Å². The lowest BCUT2D eigenvalue weighted by Gasteiger charge is -2.17. The van der Waals surface area contributed by atoms with Crippen LogP contribution in [0.3, 0.4) is 0 Å². The fourth-order valence-electron chi connectivity index (χ4n) is 3.11. The molecule has 1 aliphatic rings. The third-order valence-electron chi connectivity index (χ3n) is 4.65. The van der Waals surface area contributed by atoms with Crippen LogP contribution in [-0.4, -0.2) is 33.4 Å². The summed E-state index contributed by atoms with van der Waals surface area (Å²) in [5.41, 5.74) is 3.69. The molecule has 2 aromatic rings. The van der Waals surface area contributed by atoms with Crippen LogP contribution in [0.5, 0.6) is 0 Å². The molecule has 4 heteroatoms. The number of amides is 1. The van der Waals surface area contributed by atoms with E-state index >= 15 is 0 Å². The molecule has 1 saturated heterocycles. The molecule has 0 N–H and O–H groups in total. The summed E-state index contributed by atoms with van der Waals surface area (Å²) >= 11 is 0. The van der Waals surface area contributed by atoms with Gasteiger partial charge in [-0.25, -0.2) is 4.98 Å². The van der Waals surface area contributed by atoms with E-state index in [1.54, 1.807) is 12.5 Å². The van der Waals surface area contributed by atoms with E-state index in [1.165, 1.54) is 11.1 Å². The van der Waals surface area contributed by atoms with Crippen LogP contribution in [-0.2, 0) is 24.7 Å². The van der Waals surface area contributed by atoms with Gasteiger partial charge in [-0.2, -0.15) is 0 Å². The number of carbonyl (C=O) groups is 1. The van der Waals surface area contributed by atoms with E-state index in [4.69, 9.17) is 0 Å². The Hall–Kier alpha value is -2.10. The minimum absolute atomic E-state index is 0.205. The summed E-state index contributed by atoms with van der Waals surface area (Å²) in [4.78, 5) is 18.5. The maximum Gasteiger partial charge on any atom is 0.228 e. The van der Waals surface area contributed by atoms with E-state index in [2.05, 4.69) is 36.2 Å². The quantitative estimate of drug-likeness (QED) is 0.870. The lowest BCUT2D eigenvalue weighted by Crippen LogP contribution is -2.30. The molecule has 1 aliphatic heterocycles. The number of imidazole rings is 1. The predicted octanol–water partition coefficient (Wildman–Crippen LogP) is 2.54. The third kappa shape index (κ3) is 3.06. The second kappa shape index (κ2) is 6.34. The molecule has 0 radical (unpaired) electrons. The van der Waals surface area contributed by atoms with Crippen LogP contribution in [0, 0.1) is 0 Å². The highest BCUT2D eigenvalue weighted by Gasteiger charge is 2.27. The van der Waals surface area contributed by atoms with Crippen LogP contribution in [0.25, 0.3) is 0 Å². The second-order valence-electron chi connectivity index (χ2n) is 6.09.